The zero-order valence-electron chi connectivity index (χ0n) is 10.6. The topological polar surface area (TPSA) is 110 Å². The van der Waals surface area contributed by atoms with Gasteiger partial charge >= 0.3 is 5.97 Å². The molecule has 1 saturated heterocycles. The van der Waals surface area contributed by atoms with Crippen molar-refractivity contribution in [3.8, 4) is 0 Å². The molecule has 0 spiro atoms. The van der Waals surface area contributed by atoms with Gasteiger partial charge in [0.2, 0.25) is 5.78 Å². The predicted octanol–water partition coefficient (Wildman–Crippen LogP) is 0.483. The fourth-order valence-corrected chi connectivity index (χ4v) is 2.09. The highest BCUT2D eigenvalue weighted by molar-refractivity contribution is 6.32. The Hall–Kier alpha value is -1.70. The molecule has 19 heavy (non-hydrogen) atoms. The van der Waals surface area contributed by atoms with Gasteiger partial charge in [-0.15, -0.1) is 10.1 Å². The van der Waals surface area contributed by atoms with E-state index < -0.39 is 16.8 Å². The van der Waals surface area contributed by atoms with Crippen LogP contribution in [0.3, 0.4) is 0 Å². The maximum Gasteiger partial charge on any atom is 0.372 e. The van der Waals surface area contributed by atoms with Crippen molar-refractivity contribution in [1.29, 1.82) is 0 Å². The van der Waals surface area contributed by atoms with E-state index in [1.165, 1.54) is 0 Å². The summed E-state index contributed by atoms with van der Waals surface area (Å²) in [7, 11) is 0. The number of hydrogen-bond donors (Lipinski definition) is 1. The quantitative estimate of drug-likeness (QED) is 0.296. The third-order valence-corrected chi connectivity index (χ3v) is 3.14. The minimum Gasteiger partial charge on any atom is -0.476 e. The summed E-state index contributed by atoms with van der Waals surface area (Å²) in [6, 6.07) is 0. The van der Waals surface area contributed by atoms with Crippen LogP contribution in [0.1, 0.15) is 32.1 Å². The number of carbonyl (C=O) groups is 2. The number of Topliss-reactive ketones (excluding diaryl/α,β-unsaturated/α-hetero) is 1. The average Bonchev–Trinajstić information content (AvgIpc) is 2.35. The highest BCUT2D eigenvalue weighted by Gasteiger charge is 2.21. The van der Waals surface area contributed by atoms with E-state index in [0.717, 1.165) is 26.1 Å². The van der Waals surface area contributed by atoms with Gasteiger partial charge in [0.25, 0.3) is 5.09 Å². The standard InChI is InChI=1S/C11H18N2O6/c14-10(11(15)16)3-1-2-6-12-7-4-9(5-8-12)19-13(17)18/h9H,1-8H2,(H,15,16). The summed E-state index contributed by atoms with van der Waals surface area (Å²) in [5.41, 5.74) is 0. The Morgan fingerprint density at radius 2 is 1.95 bits per heavy atom. The number of carbonyl (C=O) groups excluding carboxylic acids is 1. The number of carboxylic acids is 1. The number of likely N-dealkylation sites (tertiary alicyclic amines) is 1. The van der Waals surface area contributed by atoms with Gasteiger partial charge in [0.05, 0.1) is 0 Å². The van der Waals surface area contributed by atoms with Crippen molar-refractivity contribution >= 4 is 11.8 Å². The van der Waals surface area contributed by atoms with Crippen molar-refractivity contribution in [3.63, 3.8) is 0 Å². The Morgan fingerprint density at radius 3 is 2.47 bits per heavy atom. The number of hydrogen-bond acceptors (Lipinski definition) is 6. The van der Waals surface area contributed by atoms with Gasteiger partial charge in [-0.25, -0.2) is 4.79 Å². The second kappa shape index (κ2) is 7.67. The number of piperidine rings is 1. The number of carboxylic acid groups (broad SMARTS) is 1. The van der Waals surface area contributed by atoms with Crippen LogP contribution in [0, 0.1) is 10.1 Å². The summed E-state index contributed by atoms with van der Waals surface area (Å²) in [5, 5.41) is 17.8. The minimum absolute atomic E-state index is 0.0657. The molecule has 1 rings (SSSR count). The van der Waals surface area contributed by atoms with Crippen LogP contribution in [-0.4, -0.2) is 52.6 Å². The van der Waals surface area contributed by atoms with E-state index in [-0.39, 0.29) is 12.5 Å². The molecule has 108 valence electrons. The van der Waals surface area contributed by atoms with Crippen LogP contribution in [0.15, 0.2) is 0 Å². The van der Waals surface area contributed by atoms with Crippen LogP contribution >= 0.6 is 0 Å². The summed E-state index contributed by atoms with van der Waals surface area (Å²) in [4.78, 5) is 38.0. The molecule has 0 radical (unpaired) electrons. The molecule has 0 aromatic carbocycles. The first-order valence-corrected chi connectivity index (χ1v) is 6.28. The van der Waals surface area contributed by atoms with Gasteiger partial charge < -0.3 is 14.8 Å². The van der Waals surface area contributed by atoms with E-state index in [2.05, 4.69) is 9.74 Å². The first kappa shape index (κ1) is 15.4. The maximum atomic E-state index is 10.8. The second-order valence-electron chi connectivity index (χ2n) is 4.56. The molecule has 1 fully saturated rings. The number of ketones is 1. The van der Waals surface area contributed by atoms with Crippen LogP contribution in [0.4, 0.5) is 0 Å². The number of nitrogens with zero attached hydrogens (tertiary/aromatic N) is 2. The molecule has 1 aliphatic heterocycles. The largest absolute Gasteiger partial charge is 0.476 e. The highest BCUT2D eigenvalue weighted by Crippen LogP contribution is 2.14. The zero-order chi connectivity index (χ0) is 14.3. The number of unbranched alkanes of at least 4 members (excludes halogenated alkanes) is 1. The van der Waals surface area contributed by atoms with Crippen molar-refractivity contribution in [2.45, 2.75) is 38.2 Å². The molecule has 0 unspecified atom stereocenters. The Labute approximate surface area is 110 Å². The second-order valence-corrected chi connectivity index (χ2v) is 4.56. The Balaban J connectivity index is 2.08. The first-order chi connectivity index (χ1) is 8.99. The fourth-order valence-electron chi connectivity index (χ4n) is 2.09. The van der Waals surface area contributed by atoms with Crippen molar-refractivity contribution in [2.75, 3.05) is 19.6 Å². The molecule has 1 N–H and O–H groups in total. The van der Waals surface area contributed by atoms with Crippen molar-refractivity contribution in [3.05, 3.63) is 10.1 Å². The monoisotopic (exact) mass is 274 g/mol. The normalized spacial score (nSPS) is 17.1. The van der Waals surface area contributed by atoms with Gasteiger partial charge in [0.15, 0.2) is 0 Å². The summed E-state index contributed by atoms with van der Waals surface area (Å²) >= 11 is 0. The molecule has 1 aliphatic rings. The third-order valence-electron chi connectivity index (χ3n) is 3.14. The van der Waals surface area contributed by atoms with E-state index in [1.807, 2.05) is 0 Å². The molecule has 0 aromatic rings. The molecular formula is C11H18N2O6. The summed E-state index contributed by atoms with van der Waals surface area (Å²) in [6.07, 6.45) is 2.29. The van der Waals surface area contributed by atoms with Gasteiger partial charge in [-0.3, -0.25) is 4.79 Å². The zero-order valence-corrected chi connectivity index (χ0v) is 10.6. The minimum atomic E-state index is -1.38. The smallest absolute Gasteiger partial charge is 0.372 e. The summed E-state index contributed by atoms with van der Waals surface area (Å²) in [5.74, 6) is -2.13. The predicted molar refractivity (Wildman–Crippen MR) is 64.0 cm³/mol. The molecule has 0 atom stereocenters. The third kappa shape index (κ3) is 6.14. The van der Waals surface area contributed by atoms with E-state index >= 15 is 0 Å². The molecule has 1 heterocycles. The van der Waals surface area contributed by atoms with Gasteiger partial charge in [-0.1, -0.05) is 0 Å². The summed E-state index contributed by atoms with van der Waals surface area (Å²) < 4.78 is 0. The van der Waals surface area contributed by atoms with E-state index in [0.29, 0.717) is 19.3 Å². The van der Waals surface area contributed by atoms with Crippen LogP contribution in [0.2, 0.25) is 0 Å². The Morgan fingerprint density at radius 1 is 1.32 bits per heavy atom. The Bertz CT molecular complexity index is 338. The first-order valence-electron chi connectivity index (χ1n) is 6.28. The number of aliphatic carboxylic acids is 1. The molecule has 8 heteroatoms. The average molecular weight is 274 g/mol. The van der Waals surface area contributed by atoms with E-state index in [4.69, 9.17) is 5.11 Å². The lowest BCUT2D eigenvalue weighted by molar-refractivity contribution is -0.769. The highest BCUT2D eigenvalue weighted by atomic mass is 17.0. The van der Waals surface area contributed by atoms with Gasteiger partial charge in [0, 0.05) is 19.5 Å². The molecular weight excluding hydrogens is 256 g/mol. The van der Waals surface area contributed by atoms with Crippen molar-refractivity contribution in [2.24, 2.45) is 0 Å². The number of rotatable bonds is 8. The van der Waals surface area contributed by atoms with E-state index in [1.54, 1.807) is 0 Å². The fraction of sp³-hybridized carbons (Fsp3) is 0.818. The SMILES string of the molecule is O=C(O)C(=O)CCCCN1CCC(O[N+](=O)[O-])CC1. The molecule has 0 aliphatic carbocycles. The van der Waals surface area contributed by atoms with Crippen molar-refractivity contribution < 1.29 is 24.6 Å². The molecule has 0 aromatic heterocycles. The lowest BCUT2D eigenvalue weighted by Gasteiger charge is -2.30. The van der Waals surface area contributed by atoms with Crippen LogP contribution in [0.5, 0.6) is 0 Å². The Kier molecular flexibility index (Phi) is 6.20. The van der Waals surface area contributed by atoms with Gasteiger partial charge in [-0.2, -0.15) is 0 Å². The van der Waals surface area contributed by atoms with Crippen LogP contribution in [0.25, 0.3) is 0 Å². The molecule has 8 nitrogen and oxygen atoms in total. The molecule has 0 bridgehead atoms. The lowest BCUT2D eigenvalue weighted by atomic mass is 10.1. The molecule has 0 amide bonds. The van der Waals surface area contributed by atoms with Crippen LogP contribution in [-0.2, 0) is 14.4 Å². The maximum absolute atomic E-state index is 10.8. The lowest BCUT2D eigenvalue weighted by Crippen LogP contribution is -2.38. The van der Waals surface area contributed by atoms with Crippen molar-refractivity contribution in [1.82, 2.24) is 4.90 Å². The summed E-state index contributed by atoms with van der Waals surface area (Å²) in [6.45, 7) is 2.23. The van der Waals surface area contributed by atoms with Gasteiger partial charge in [-0.05, 0) is 32.2 Å². The molecule has 0 saturated carbocycles. The van der Waals surface area contributed by atoms with Crippen LogP contribution < -0.4 is 0 Å². The van der Waals surface area contributed by atoms with Gasteiger partial charge in [0.1, 0.15) is 6.10 Å². The van der Waals surface area contributed by atoms with E-state index in [9.17, 15) is 19.7 Å².